The van der Waals surface area contributed by atoms with Gasteiger partial charge in [0, 0.05) is 17.5 Å². The molecule has 1 fully saturated rings. The zero-order valence-corrected chi connectivity index (χ0v) is 17.0. The number of halogens is 1. The highest BCUT2D eigenvalue weighted by Gasteiger charge is 2.15. The first-order valence-electron chi connectivity index (χ1n) is 9.51. The van der Waals surface area contributed by atoms with Crippen molar-refractivity contribution in [1.82, 2.24) is 5.32 Å². The first-order chi connectivity index (χ1) is 12.8. The van der Waals surface area contributed by atoms with Crippen molar-refractivity contribution in [1.29, 1.82) is 0 Å². The van der Waals surface area contributed by atoms with Crippen LogP contribution < -0.4 is 14.8 Å². The van der Waals surface area contributed by atoms with Crippen molar-refractivity contribution in [2.24, 2.45) is 0 Å². The zero-order valence-electron chi connectivity index (χ0n) is 15.4. The molecule has 0 unspecified atom stereocenters. The lowest BCUT2D eigenvalue weighted by atomic mass is 9.96. The molecule has 0 amide bonds. The number of hydrogen-bond acceptors (Lipinski definition) is 4. The molecule has 0 aliphatic heterocycles. The summed E-state index contributed by atoms with van der Waals surface area (Å²) in [6, 6.07) is 8.70. The van der Waals surface area contributed by atoms with E-state index in [-0.39, 0.29) is 0 Å². The van der Waals surface area contributed by atoms with Gasteiger partial charge >= 0.3 is 0 Å². The Labute approximate surface area is 165 Å². The quantitative estimate of drug-likeness (QED) is 0.608. The minimum atomic E-state index is 0.507. The molecule has 3 nitrogen and oxygen atoms in total. The van der Waals surface area contributed by atoms with Gasteiger partial charge < -0.3 is 14.8 Å². The van der Waals surface area contributed by atoms with Gasteiger partial charge in [0.1, 0.15) is 6.61 Å². The molecular weight excluding hydrogens is 366 g/mol. The molecule has 142 valence electrons. The molecule has 0 spiro atoms. The largest absolute Gasteiger partial charge is 0.493 e. The van der Waals surface area contributed by atoms with Gasteiger partial charge in [-0.2, -0.15) is 0 Å². The standard InChI is InChI=1S/C21H28ClNO2S/c1-24-20-13-16(14-23-17-8-5-3-2-4-6-9-17)12-19(22)21(20)25-15-18-10-7-11-26-18/h7,10-13,17,23H,2-6,8-9,14-15H2,1H3. The van der Waals surface area contributed by atoms with E-state index in [1.807, 2.05) is 23.6 Å². The molecule has 26 heavy (non-hydrogen) atoms. The smallest absolute Gasteiger partial charge is 0.180 e. The van der Waals surface area contributed by atoms with Crippen LogP contribution in [0.25, 0.3) is 0 Å². The van der Waals surface area contributed by atoms with Crippen LogP contribution in [0.4, 0.5) is 0 Å². The van der Waals surface area contributed by atoms with E-state index in [2.05, 4.69) is 11.4 Å². The van der Waals surface area contributed by atoms with Crippen LogP contribution in [-0.2, 0) is 13.2 Å². The Balaban J connectivity index is 1.61. The van der Waals surface area contributed by atoms with Crippen LogP contribution >= 0.6 is 22.9 Å². The number of ether oxygens (including phenoxy) is 2. The molecule has 0 atom stereocenters. The number of rotatable bonds is 7. The van der Waals surface area contributed by atoms with Gasteiger partial charge in [0.05, 0.1) is 12.1 Å². The summed E-state index contributed by atoms with van der Waals surface area (Å²) in [6.07, 6.45) is 9.34. The Hall–Kier alpha value is -1.23. The van der Waals surface area contributed by atoms with Crippen LogP contribution in [0.5, 0.6) is 11.5 Å². The Morgan fingerprint density at radius 2 is 1.92 bits per heavy atom. The lowest BCUT2D eigenvalue weighted by molar-refractivity contribution is 0.287. The topological polar surface area (TPSA) is 30.5 Å². The van der Waals surface area contributed by atoms with Gasteiger partial charge in [-0.1, -0.05) is 49.8 Å². The highest BCUT2D eigenvalue weighted by molar-refractivity contribution is 7.09. The number of methoxy groups -OCH3 is 1. The summed E-state index contributed by atoms with van der Waals surface area (Å²) in [5.41, 5.74) is 1.14. The second kappa shape index (κ2) is 10.2. The van der Waals surface area contributed by atoms with Crippen molar-refractivity contribution in [3.63, 3.8) is 0 Å². The van der Waals surface area contributed by atoms with Crippen molar-refractivity contribution in [2.75, 3.05) is 7.11 Å². The van der Waals surface area contributed by atoms with Crippen LogP contribution in [-0.4, -0.2) is 13.2 Å². The number of nitrogens with one attached hydrogen (secondary N) is 1. The first-order valence-corrected chi connectivity index (χ1v) is 10.8. The van der Waals surface area contributed by atoms with E-state index in [0.717, 1.165) is 17.0 Å². The van der Waals surface area contributed by atoms with Crippen molar-refractivity contribution in [3.05, 3.63) is 45.1 Å². The van der Waals surface area contributed by atoms with Gasteiger partial charge in [0.2, 0.25) is 0 Å². The molecule has 0 radical (unpaired) electrons. The third-order valence-electron chi connectivity index (χ3n) is 4.93. The van der Waals surface area contributed by atoms with E-state index in [4.69, 9.17) is 21.1 Å². The van der Waals surface area contributed by atoms with Gasteiger partial charge in [-0.25, -0.2) is 0 Å². The Kier molecular flexibility index (Phi) is 7.66. The molecule has 1 heterocycles. The maximum atomic E-state index is 6.49. The third-order valence-corrected chi connectivity index (χ3v) is 6.06. The van der Waals surface area contributed by atoms with Crippen LogP contribution in [0, 0.1) is 0 Å². The first kappa shape index (κ1) is 19.5. The summed E-state index contributed by atoms with van der Waals surface area (Å²) < 4.78 is 11.4. The van der Waals surface area contributed by atoms with Crippen molar-refractivity contribution >= 4 is 22.9 Å². The van der Waals surface area contributed by atoms with Crippen LogP contribution in [0.1, 0.15) is 55.4 Å². The molecule has 0 saturated heterocycles. The molecule has 1 saturated carbocycles. The van der Waals surface area contributed by atoms with Gasteiger partial charge in [0.25, 0.3) is 0 Å². The van der Waals surface area contributed by atoms with Crippen LogP contribution in [0.3, 0.4) is 0 Å². The minimum Gasteiger partial charge on any atom is -0.493 e. The maximum absolute atomic E-state index is 6.49. The average molecular weight is 394 g/mol. The SMILES string of the molecule is COc1cc(CNC2CCCCCCC2)cc(Cl)c1OCc1cccs1. The Bertz CT molecular complexity index is 667. The van der Waals surface area contributed by atoms with E-state index >= 15 is 0 Å². The summed E-state index contributed by atoms with van der Waals surface area (Å²) in [5.74, 6) is 1.32. The molecular formula is C21H28ClNO2S. The van der Waals surface area contributed by atoms with Gasteiger partial charge in [0.15, 0.2) is 11.5 Å². The van der Waals surface area contributed by atoms with E-state index in [1.165, 1.54) is 44.9 Å². The third kappa shape index (κ3) is 5.63. The monoisotopic (exact) mass is 393 g/mol. The minimum absolute atomic E-state index is 0.507. The highest BCUT2D eigenvalue weighted by Crippen LogP contribution is 2.37. The van der Waals surface area contributed by atoms with E-state index in [9.17, 15) is 0 Å². The van der Waals surface area contributed by atoms with Crippen LogP contribution in [0.15, 0.2) is 29.6 Å². The molecule has 3 rings (SSSR count). The van der Waals surface area contributed by atoms with Crippen molar-refractivity contribution < 1.29 is 9.47 Å². The second-order valence-corrected chi connectivity index (χ2v) is 8.34. The molecule has 5 heteroatoms. The highest BCUT2D eigenvalue weighted by atomic mass is 35.5. The average Bonchev–Trinajstić information content (AvgIpc) is 3.13. The fourth-order valence-electron chi connectivity index (χ4n) is 3.48. The van der Waals surface area contributed by atoms with E-state index in [0.29, 0.717) is 29.2 Å². The fourth-order valence-corrected chi connectivity index (χ4v) is 4.38. The van der Waals surface area contributed by atoms with E-state index in [1.54, 1.807) is 18.4 Å². The summed E-state index contributed by atoms with van der Waals surface area (Å²) in [5, 5.41) is 6.35. The maximum Gasteiger partial charge on any atom is 0.180 e. The Morgan fingerprint density at radius 3 is 2.62 bits per heavy atom. The fraction of sp³-hybridized carbons (Fsp3) is 0.524. The lowest BCUT2D eigenvalue weighted by Gasteiger charge is -2.21. The molecule has 1 N–H and O–H groups in total. The lowest BCUT2D eigenvalue weighted by Crippen LogP contribution is -2.29. The molecule has 1 aliphatic carbocycles. The van der Waals surface area contributed by atoms with Crippen molar-refractivity contribution in [3.8, 4) is 11.5 Å². The van der Waals surface area contributed by atoms with Crippen LogP contribution in [0.2, 0.25) is 5.02 Å². The molecule has 1 aliphatic rings. The predicted octanol–water partition coefficient (Wildman–Crippen LogP) is 6.19. The molecule has 2 aromatic rings. The van der Waals surface area contributed by atoms with Crippen molar-refractivity contribution in [2.45, 2.75) is 64.1 Å². The number of benzene rings is 1. The Morgan fingerprint density at radius 1 is 1.15 bits per heavy atom. The van der Waals surface area contributed by atoms with Gasteiger partial charge in [-0.15, -0.1) is 11.3 Å². The predicted molar refractivity (Wildman–Crippen MR) is 110 cm³/mol. The molecule has 1 aromatic heterocycles. The zero-order chi connectivity index (χ0) is 18.2. The summed E-state index contributed by atoms with van der Waals surface area (Å²) in [6.45, 7) is 1.32. The summed E-state index contributed by atoms with van der Waals surface area (Å²) >= 11 is 8.17. The molecule has 1 aromatic carbocycles. The number of hydrogen-bond donors (Lipinski definition) is 1. The van der Waals surface area contributed by atoms with E-state index < -0.39 is 0 Å². The summed E-state index contributed by atoms with van der Waals surface area (Å²) in [4.78, 5) is 1.16. The second-order valence-electron chi connectivity index (χ2n) is 6.90. The number of thiophene rings is 1. The normalized spacial score (nSPS) is 16.1. The molecule has 0 bridgehead atoms. The summed E-state index contributed by atoms with van der Waals surface area (Å²) in [7, 11) is 1.66. The van der Waals surface area contributed by atoms with Gasteiger partial charge in [-0.05, 0) is 42.0 Å². The van der Waals surface area contributed by atoms with Gasteiger partial charge in [-0.3, -0.25) is 0 Å².